The van der Waals surface area contributed by atoms with Crippen LogP contribution in [0.15, 0.2) is 70.6 Å². The van der Waals surface area contributed by atoms with Crippen molar-refractivity contribution in [2.24, 2.45) is 38.7 Å². The number of hydrogen-bond acceptors (Lipinski definition) is 13. The van der Waals surface area contributed by atoms with Crippen molar-refractivity contribution < 1.29 is 53.4 Å². The summed E-state index contributed by atoms with van der Waals surface area (Å²) in [5, 5.41) is 33.2. The lowest BCUT2D eigenvalue weighted by Gasteiger charge is -2.31. The number of hydrogen-bond donors (Lipinski definition) is 12. The van der Waals surface area contributed by atoms with Gasteiger partial charge in [0.1, 0.15) is 42.3 Å². The summed E-state index contributed by atoms with van der Waals surface area (Å²) in [6.07, 6.45) is 3.03. The average Bonchev–Trinajstić information content (AvgIpc) is 4.22. The molecule has 0 spiro atoms. The molecule has 3 aliphatic rings. The second kappa shape index (κ2) is 29.3. The summed E-state index contributed by atoms with van der Waals surface area (Å²) in [6, 6.07) is 8.26. The van der Waals surface area contributed by atoms with E-state index in [1.807, 2.05) is 0 Å². The number of aliphatic hydroxyl groups excluding tert-OH is 1. The number of aliphatic carboxylic acids is 1. The van der Waals surface area contributed by atoms with E-state index < -0.39 is 115 Å². The summed E-state index contributed by atoms with van der Waals surface area (Å²) in [5.74, 6) is -6.89. The van der Waals surface area contributed by atoms with E-state index in [4.69, 9.17) is 28.7 Å². The highest BCUT2D eigenvalue weighted by molar-refractivity contribution is 5.98. The van der Waals surface area contributed by atoms with Crippen molar-refractivity contribution in [1.29, 1.82) is 0 Å². The molecule has 414 valence electrons. The molecule has 8 amide bonds. The van der Waals surface area contributed by atoms with Crippen LogP contribution in [0.2, 0.25) is 0 Å². The predicted molar refractivity (Wildman–Crippen MR) is 278 cm³/mol. The number of nitrogens with one attached hydrogen (secondary N) is 5. The van der Waals surface area contributed by atoms with Crippen molar-refractivity contribution >= 4 is 65.1 Å². The van der Waals surface area contributed by atoms with Crippen molar-refractivity contribution in [1.82, 2.24) is 41.3 Å². The number of carbonyl (C=O) groups is 9. The van der Waals surface area contributed by atoms with Crippen molar-refractivity contribution in [3.05, 3.63) is 71.8 Å². The zero-order valence-electron chi connectivity index (χ0n) is 42.5. The van der Waals surface area contributed by atoms with E-state index in [0.29, 0.717) is 31.2 Å². The van der Waals surface area contributed by atoms with Gasteiger partial charge in [-0.05, 0) is 75.3 Å². The topological polar surface area (TPSA) is 419 Å². The maximum atomic E-state index is 14.3. The Balaban J connectivity index is 1.21. The van der Waals surface area contributed by atoms with Gasteiger partial charge in [-0.15, -0.1) is 0 Å². The number of guanidine groups is 2. The molecule has 0 saturated carbocycles. The smallest absolute Gasteiger partial charge is 0.326 e. The summed E-state index contributed by atoms with van der Waals surface area (Å²) >= 11 is 0. The van der Waals surface area contributed by atoms with Crippen LogP contribution >= 0.6 is 0 Å². The van der Waals surface area contributed by atoms with Gasteiger partial charge in [0.25, 0.3) is 0 Å². The Morgan fingerprint density at radius 3 is 1.62 bits per heavy atom. The third-order valence-corrected chi connectivity index (χ3v) is 13.4. The summed E-state index contributed by atoms with van der Waals surface area (Å²) in [4.78, 5) is 134. The van der Waals surface area contributed by atoms with Gasteiger partial charge in [0, 0.05) is 45.6 Å². The molecular formula is C50H73N15O11. The fourth-order valence-electron chi connectivity index (χ4n) is 9.51. The summed E-state index contributed by atoms with van der Waals surface area (Å²) < 4.78 is 0. The molecule has 8 atom stereocenters. The molecule has 3 fully saturated rings. The molecule has 8 unspecified atom stereocenters. The number of carboxylic acids is 1. The number of nitrogens with two attached hydrogens (primary N) is 5. The molecule has 26 heteroatoms. The zero-order valence-corrected chi connectivity index (χ0v) is 42.5. The second-order valence-electron chi connectivity index (χ2n) is 19.0. The third kappa shape index (κ3) is 17.4. The first kappa shape index (κ1) is 59.0. The highest BCUT2D eigenvalue weighted by Crippen LogP contribution is 2.26. The Hall–Kier alpha value is -7.87. The first-order chi connectivity index (χ1) is 36.4. The Labute approximate surface area is 440 Å². The van der Waals surface area contributed by atoms with Gasteiger partial charge in [-0.3, -0.25) is 48.3 Å². The molecule has 5 rings (SSSR count). The number of benzene rings is 2. The highest BCUT2D eigenvalue weighted by Gasteiger charge is 2.43. The quantitative estimate of drug-likeness (QED) is 0.0231. The maximum Gasteiger partial charge on any atom is 0.326 e. The van der Waals surface area contributed by atoms with Crippen LogP contribution in [0.3, 0.4) is 0 Å². The Kier molecular flexibility index (Phi) is 22.7. The van der Waals surface area contributed by atoms with Crippen molar-refractivity contribution in [2.45, 2.75) is 125 Å². The average molecular weight is 1060 g/mol. The number of amides is 8. The SMILES string of the molecule is NC(N)=NCCCC(N)C(=O)NC(Cc1ccccc1)C(=O)N1CCCC1C(=O)NC(CO)C(=O)NC(Cc1ccccc1)C(=O)NCC(=O)N1CCCC1C(=O)N1CCCC1C(=O)NC(CCCN=C(N)N)C(=O)O. The van der Waals surface area contributed by atoms with Crippen LogP contribution in [-0.4, -0.2) is 184 Å². The molecule has 17 N–H and O–H groups in total. The van der Waals surface area contributed by atoms with Crippen LogP contribution in [0.4, 0.5) is 0 Å². The molecule has 2 aromatic rings. The molecule has 0 radical (unpaired) electrons. The van der Waals surface area contributed by atoms with Gasteiger partial charge in [-0.25, -0.2) is 4.79 Å². The fourth-order valence-corrected chi connectivity index (χ4v) is 9.51. The van der Waals surface area contributed by atoms with Crippen molar-refractivity contribution in [3.8, 4) is 0 Å². The van der Waals surface area contributed by atoms with Crippen molar-refractivity contribution in [3.63, 3.8) is 0 Å². The molecule has 0 bridgehead atoms. The molecular weight excluding hydrogens is 987 g/mol. The fraction of sp³-hybridized carbons (Fsp3) is 0.540. The standard InChI is InChI=1S/C50H73N15O11/c51-32(16-7-21-56-49(52)53)41(68)61-35(27-31-14-5-2-6-15-31)46(73)64-24-9-18-37(64)45(72)62-36(29-66)43(70)60-34(26-30-12-3-1-4-13-30)42(69)58-28-40(67)63-23-11-20-39(63)47(74)65-25-10-19-38(65)44(71)59-33(48(75)76)17-8-22-57-50(54)55/h1-6,12-15,32-39,66H,7-11,16-29,51H2,(H,58,69)(H,59,71)(H,60,70)(H,61,68)(H,62,72)(H,75,76)(H4,52,53,56)(H4,54,55,57). The lowest BCUT2D eigenvalue weighted by atomic mass is 10.0. The second-order valence-corrected chi connectivity index (χ2v) is 19.0. The molecule has 3 saturated heterocycles. The van der Waals surface area contributed by atoms with Gasteiger partial charge in [0.05, 0.1) is 19.2 Å². The van der Waals surface area contributed by atoms with E-state index in [1.165, 1.54) is 14.7 Å². The number of carbonyl (C=O) groups excluding carboxylic acids is 8. The zero-order chi connectivity index (χ0) is 55.3. The van der Waals surface area contributed by atoms with Crippen molar-refractivity contribution in [2.75, 3.05) is 45.9 Å². The molecule has 3 aliphatic heterocycles. The van der Waals surface area contributed by atoms with Gasteiger partial charge in [-0.1, -0.05) is 60.7 Å². The van der Waals surface area contributed by atoms with E-state index in [-0.39, 0.29) is 96.0 Å². The summed E-state index contributed by atoms with van der Waals surface area (Å²) in [6.45, 7) is -0.524. The first-order valence-corrected chi connectivity index (χ1v) is 25.6. The van der Waals surface area contributed by atoms with E-state index >= 15 is 0 Å². The van der Waals surface area contributed by atoms with Crippen LogP contribution in [-0.2, 0) is 56.0 Å². The Morgan fingerprint density at radius 1 is 0.579 bits per heavy atom. The van der Waals surface area contributed by atoms with Crippen LogP contribution in [0.25, 0.3) is 0 Å². The number of rotatable bonds is 27. The van der Waals surface area contributed by atoms with E-state index in [0.717, 1.165) is 5.56 Å². The largest absolute Gasteiger partial charge is 0.480 e. The number of carboxylic acid groups (broad SMARTS) is 1. The van der Waals surface area contributed by atoms with Gasteiger partial charge in [0.2, 0.25) is 47.3 Å². The van der Waals surface area contributed by atoms with Gasteiger partial charge in [0.15, 0.2) is 11.9 Å². The van der Waals surface area contributed by atoms with E-state index in [2.05, 4.69) is 36.6 Å². The summed E-state index contributed by atoms with van der Waals surface area (Å²) in [7, 11) is 0. The van der Waals surface area contributed by atoms with E-state index in [1.54, 1.807) is 60.7 Å². The predicted octanol–water partition coefficient (Wildman–Crippen LogP) is -3.99. The summed E-state index contributed by atoms with van der Waals surface area (Å²) in [5.41, 5.74) is 29.0. The number of likely N-dealkylation sites (tertiary alicyclic amines) is 3. The molecule has 0 aliphatic carbocycles. The minimum Gasteiger partial charge on any atom is -0.480 e. The Bertz CT molecular complexity index is 2400. The van der Waals surface area contributed by atoms with Gasteiger partial charge < -0.3 is 80.2 Å². The third-order valence-electron chi connectivity index (χ3n) is 13.4. The Morgan fingerprint density at radius 2 is 1.07 bits per heavy atom. The molecule has 26 nitrogen and oxygen atoms in total. The first-order valence-electron chi connectivity index (χ1n) is 25.6. The normalized spacial score (nSPS) is 19.0. The van der Waals surface area contributed by atoms with Crippen LogP contribution in [0, 0.1) is 0 Å². The van der Waals surface area contributed by atoms with Crippen LogP contribution in [0.1, 0.15) is 75.3 Å². The van der Waals surface area contributed by atoms with Crippen LogP contribution < -0.4 is 55.3 Å². The monoisotopic (exact) mass is 1060 g/mol. The molecule has 2 aromatic carbocycles. The van der Waals surface area contributed by atoms with Gasteiger partial charge >= 0.3 is 5.97 Å². The highest BCUT2D eigenvalue weighted by atomic mass is 16.4. The van der Waals surface area contributed by atoms with Crippen LogP contribution in [0.5, 0.6) is 0 Å². The molecule has 76 heavy (non-hydrogen) atoms. The van der Waals surface area contributed by atoms with E-state index in [9.17, 15) is 53.4 Å². The number of aliphatic hydroxyl groups is 1. The lowest BCUT2D eigenvalue weighted by Crippen LogP contribution is -2.60. The maximum absolute atomic E-state index is 14.3. The van der Waals surface area contributed by atoms with Gasteiger partial charge in [-0.2, -0.15) is 0 Å². The minimum absolute atomic E-state index is 0.0381. The lowest BCUT2D eigenvalue weighted by molar-refractivity contribution is -0.147. The minimum atomic E-state index is -1.59. The number of nitrogens with zero attached hydrogens (tertiary/aromatic N) is 5. The molecule has 0 aromatic heterocycles. The number of aliphatic imine (C=N–C) groups is 2. The molecule has 3 heterocycles.